The van der Waals surface area contributed by atoms with Crippen molar-refractivity contribution in [3.63, 3.8) is 0 Å². The quantitative estimate of drug-likeness (QED) is 0.0712. The van der Waals surface area contributed by atoms with Crippen molar-refractivity contribution in [1.29, 1.82) is 0 Å². The number of rotatable bonds is 20. The van der Waals surface area contributed by atoms with E-state index in [1.165, 1.54) is 61.7 Å². The first-order chi connectivity index (χ1) is 17.9. The zero-order valence-corrected chi connectivity index (χ0v) is 26.6. The van der Waals surface area contributed by atoms with Gasteiger partial charge in [0.2, 0.25) is 0 Å². The van der Waals surface area contributed by atoms with Crippen LogP contribution in [0.25, 0.3) is 0 Å². The maximum atomic E-state index is 12.4. The molecule has 0 aromatic carbocycles. The second-order valence-electron chi connectivity index (χ2n) is 12.8. The van der Waals surface area contributed by atoms with E-state index in [1.54, 1.807) is 6.20 Å². The van der Waals surface area contributed by atoms with Crippen molar-refractivity contribution in [2.75, 3.05) is 34.3 Å². The molecule has 0 aliphatic carbocycles. The Balaban J connectivity index is 2.26. The SMILES string of the molecule is CC(=CCC(=O)On1ccc(COCC[N+](C)(C)C)cc1=S)CCCC(C)CCCC(C)CCCC(C)C. The van der Waals surface area contributed by atoms with Gasteiger partial charge in [0.1, 0.15) is 11.2 Å². The van der Waals surface area contributed by atoms with E-state index in [4.69, 9.17) is 21.8 Å². The van der Waals surface area contributed by atoms with Crippen molar-refractivity contribution in [3.8, 4) is 0 Å². The number of nitrogens with zero attached hydrogens (tertiary/aromatic N) is 2. The lowest BCUT2D eigenvalue weighted by molar-refractivity contribution is -0.870. The van der Waals surface area contributed by atoms with Crippen LogP contribution in [0, 0.1) is 22.4 Å². The van der Waals surface area contributed by atoms with Gasteiger partial charge in [0.05, 0.1) is 40.8 Å². The maximum Gasteiger partial charge on any atom is 0.336 e. The number of carbonyl (C=O) groups excluding carboxylic acids is 1. The number of hydrogen-bond donors (Lipinski definition) is 0. The fourth-order valence-electron chi connectivity index (χ4n) is 4.41. The van der Waals surface area contributed by atoms with Crippen molar-refractivity contribution in [2.45, 2.75) is 105 Å². The third-order valence-electron chi connectivity index (χ3n) is 7.08. The average Bonchev–Trinajstić information content (AvgIpc) is 2.81. The molecule has 38 heavy (non-hydrogen) atoms. The zero-order chi connectivity index (χ0) is 28.6. The first-order valence-electron chi connectivity index (χ1n) is 14.8. The molecule has 2 unspecified atom stereocenters. The van der Waals surface area contributed by atoms with Crippen LogP contribution in [0.2, 0.25) is 0 Å². The number of ether oxygens (including phenoxy) is 1. The van der Waals surface area contributed by atoms with Crippen LogP contribution in [-0.4, -0.2) is 49.5 Å². The van der Waals surface area contributed by atoms with E-state index in [9.17, 15) is 4.79 Å². The fourth-order valence-corrected chi connectivity index (χ4v) is 4.66. The van der Waals surface area contributed by atoms with E-state index in [0.717, 1.165) is 40.8 Å². The number of likely N-dealkylation sites (N-methyl/N-ethyl adjacent to an activating group) is 1. The molecular weight excluding hydrogens is 492 g/mol. The maximum absolute atomic E-state index is 12.4. The zero-order valence-electron chi connectivity index (χ0n) is 25.8. The van der Waals surface area contributed by atoms with Gasteiger partial charge < -0.3 is 14.1 Å². The molecule has 0 saturated heterocycles. The number of allylic oxidation sites excluding steroid dienone is 1. The van der Waals surface area contributed by atoms with E-state index in [1.807, 2.05) is 18.2 Å². The molecule has 2 atom stereocenters. The molecule has 1 aromatic rings. The Morgan fingerprint density at radius 1 is 1.00 bits per heavy atom. The summed E-state index contributed by atoms with van der Waals surface area (Å²) in [7, 11) is 6.42. The number of hydrogen-bond acceptors (Lipinski definition) is 4. The van der Waals surface area contributed by atoms with Crippen LogP contribution in [0.5, 0.6) is 0 Å². The summed E-state index contributed by atoms with van der Waals surface area (Å²) < 4.78 is 8.44. The summed E-state index contributed by atoms with van der Waals surface area (Å²) in [5.41, 5.74) is 2.22. The molecule has 0 fully saturated rings. The Morgan fingerprint density at radius 2 is 1.61 bits per heavy atom. The van der Waals surface area contributed by atoms with Crippen LogP contribution in [0.4, 0.5) is 0 Å². The molecule has 6 heteroatoms. The van der Waals surface area contributed by atoms with E-state index < -0.39 is 0 Å². The molecular formula is C32H57N2O3S+. The minimum absolute atomic E-state index is 0.258. The molecule has 0 amide bonds. The van der Waals surface area contributed by atoms with Gasteiger partial charge in [0.25, 0.3) is 0 Å². The summed E-state index contributed by atoms with van der Waals surface area (Å²) in [4.78, 5) is 17.8. The predicted molar refractivity (Wildman–Crippen MR) is 163 cm³/mol. The lowest BCUT2D eigenvalue weighted by Crippen LogP contribution is -2.37. The van der Waals surface area contributed by atoms with Gasteiger partial charge in [-0.05, 0) is 55.2 Å². The Hall–Kier alpha value is -1.50. The standard InChI is InChI=1S/C32H57N2O3S/c1-26(2)12-9-13-27(3)14-10-15-28(4)16-11-17-29(5)18-19-32(35)37-33-21-20-30(24-31(33)38)25-36-23-22-34(6,7)8/h18,20-21,24,26-28H,9-17,19,22-23,25H2,1-8H3/q+1. The summed E-state index contributed by atoms with van der Waals surface area (Å²) in [5, 5.41) is 0. The molecule has 0 N–H and O–H groups in total. The van der Waals surface area contributed by atoms with Crippen LogP contribution >= 0.6 is 12.2 Å². The lowest BCUT2D eigenvalue weighted by atomic mass is 9.91. The molecule has 1 heterocycles. The second-order valence-corrected chi connectivity index (χ2v) is 13.3. The average molecular weight is 550 g/mol. The molecule has 1 aromatic heterocycles. The van der Waals surface area contributed by atoms with E-state index in [0.29, 0.717) is 17.9 Å². The molecule has 1 rings (SSSR count). The minimum Gasteiger partial charge on any atom is -0.371 e. The Morgan fingerprint density at radius 3 is 2.18 bits per heavy atom. The number of pyridine rings is 1. The van der Waals surface area contributed by atoms with E-state index in [2.05, 4.69) is 55.8 Å². The summed E-state index contributed by atoms with van der Waals surface area (Å²) >= 11 is 5.40. The Kier molecular flexibility index (Phi) is 17.0. The van der Waals surface area contributed by atoms with Gasteiger partial charge in [0, 0.05) is 6.20 Å². The van der Waals surface area contributed by atoms with Gasteiger partial charge in [-0.25, -0.2) is 4.79 Å². The highest BCUT2D eigenvalue weighted by molar-refractivity contribution is 7.71. The topological polar surface area (TPSA) is 40.5 Å². The molecule has 0 bridgehead atoms. The van der Waals surface area contributed by atoms with Gasteiger partial charge in [-0.1, -0.05) is 96.5 Å². The van der Waals surface area contributed by atoms with E-state index >= 15 is 0 Å². The first kappa shape index (κ1) is 34.5. The van der Waals surface area contributed by atoms with Crippen molar-refractivity contribution in [1.82, 2.24) is 4.73 Å². The predicted octanol–water partition coefficient (Wildman–Crippen LogP) is 8.17. The third-order valence-corrected chi connectivity index (χ3v) is 7.38. The third kappa shape index (κ3) is 17.9. The highest BCUT2D eigenvalue weighted by Gasteiger charge is 2.09. The van der Waals surface area contributed by atoms with Crippen molar-refractivity contribution in [2.24, 2.45) is 17.8 Å². The van der Waals surface area contributed by atoms with Crippen LogP contribution in [-0.2, 0) is 16.1 Å². The molecule has 0 saturated carbocycles. The molecule has 5 nitrogen and oxygen atoms in total. The van der Waals surface area contributed by atoms with Crippen molar-refractivity contribution < 1.29 is 18.9 Å². The first-order valence-corrected chi connectivity index (χ1v) is 15.2. The van der Waals surface area contributed by atoms with Crippen LogP contribution < -0.4 is 4.84 Å². The largest absolute Gasteiger partial charge is 0.371 e. The smallest absolute Gasteiger partial charge is 0.336 e. The second kappa shape index (κ2) is 18.7. The number of carbonyl (C=O) groups is 1. The fraction of sp³-hybridized carbons (Fsp3) is 0.750. The van der Waals surface area contributed by atoms with Gasteiger partial charge >= 0.3 is 5.97 Å². The number of aromatic nitrogens is 1. The van der Waals surface area contributed by atoms with Crippen molar-refractivity contribution >= 4 is 18.2 Å². The molecule has 0 aliphatic heterocycles. The highest BCUT2D eigenvalue weighted by Crippen LogP contribution is 2.22. The van der Waals surface area contributed by atoms with Gasteiger partial charge in [-0.15, -0.1) is 0 Å². The number of quaternary nitrogens is 1. The van der Waals surface area contributed by atoms with Crippen LogP contribution in [0.3, 0.4) is 0 Å². The van der Waals surface area contributed by atoms with Gasteiger partial charge in [-0.3, -0.25) is 0 Å². The summed E-state index contributed by atoms with van der Waals surface area (Å²) in [6, 6.07) is 3.70. The van der Waals surface area contributed by atoms with Gasteiger partial charge in [-0.2, -0.15) is 4.73 Å². The highest BCUT2D eigenvalue weighted by atomic mass is 32.1. The Bertz CT molecular complexity index is 885. The molecule has 218 valence electrons. The molecule has 0 spiro atoms. The summed E-state index contributed by atoms with van der Waals surface area (Å²) in [5.74, 6) is 2.15. The monoisotopic (exact) mass is 549 g/mol. The lowest BCUT2D eigenvalue weighted by Gasteiger charge is -2.23. The van der Waals surface area contributed by atoms with Gasteiger partial charge in [0.15, 0.2) is 0 Å². The van der Waals surface area contributed by atoms with Crippen LogP contribution in [0.1, 0.15) is 104 Å². The summed E-state index contributed by atoms with van der Waals surface area (Å²) in [6.45, 7) is 13.7. The minimum atomic E-state index is -0.303. The molecule has 0 aliphatic rings. The van der Waals surface area contributed by atoms with Crippen molar-refractivity contribution in [3.05, 3.63) is 40.2 Å². The van der Waals surface area contributed by atoms with Crippen LogP contribution in [0.15, 0.2) is 30.0 Å². The van der Waals surface area contributed by atoms with E-state index in [-0.39, 0.29) is 12.4 Å². The normalized spacial score (nSPS) is 14.1. The molecule has 0 radical (unpaired) electrons. The summed E-state index contributed by atoms with van der Waals surface area (Å²) in [6.07, 6.45) is 15.5. The Labute approximate surface area is 239 Å².